The summed E-state index contributed by atoms with van der Waals surface area (Å²) in [5.41, 5.74) is 14.5. The van der Waals surface area contributed by atoms with Crippen molar-refractivity contribution in [1.29, 1.82) is 0 Å². The first-order valence-corrected chi connectivity index (χ1v) is 21.4. The molecule has 0 spiro atoms. The third-order valence-electron chi connectivity index (χ3n) is 11.9. The molecule has 0 bridgehead atoms. The molecule has 0 radical (unpaired) electrons. The van der Waals surface area contributed by atoms with Gasteiger partial charge in [0.1, 0.15) is 11.5 Å². The first-order chi connectivity index (χ1) is 31.3. The van der Waals surface area contributed by atoms with E-state index in [1.807, 2.05) is 115 Å². The zero-order chi connectivity index (χ0) is 43.6. The van der Waals surface area contributed by atoms with Crippen LogP contribution in [0.5, 0.6) is 11.5 Å². The number of benzene rings is 7. The number of fused-ring (bicyclic) bond motifs is 2. The predicted octanol–water partition coefficient (Wildman–Crippen LogP) is 15.0. The molecule has 0 saturated carbocycles. The van der Waals surface area contributed by atoms with Gasteiger partial charge in [-0.15, -0.1) is 0 Å². The third kappa shape index (κ3) is 7.65. The molecule has 0 amide bonds. The SMILES string of the molecule is C=C/C(=C\C(=C)c1cc(-c2ccccc2)nc(-c2ccccc2)n1)c1cccc2c1Oc1c(-c3cccc(-c4cc(-c5ccccc5)nc(-c5ccccc5)n4)c3)cccc1C2(C)C. The molecule has 2 aromatic heterocycles. The monoisotopic (exact) mass is 824 g/mol. The van der Waals surface area contributed by atoms with Gasteiger partial charge in [0.2, 0.25) is 0 Å². The summed E-state index contributed by atoms with van der Waals surface area (Å²) < 4.78 is 7.18. The van der Waals surface area contributed by atoms with Crippen molar-refractivity contribution in [2.24, 2.45) is 0 Å². The highest BCUT2D eigenvalue weighted by atomic mass is 16.5. The summed E-state index contributed by atoms with van der Waals surface area (Å²) in [6, 6.07) is 66.0. The molecule has 5 heteroatoms. The molecule has 0 aliphatic carbocycles. The van der Waals surface area contributed by atoms with Gasteiger partial charge in [0.15, 0.2) is 11.6 Å². The predicted molar refractivity (Wildman–Crippen MR) is 263 cm³/mol. The van der Waals surface area contributed by atoms with E-state index in [-0.39, 0.29) is 5.41 Å². The second kappa shape index (κ2) is 16.9. The van der Waals surface area contributed by atoms with Crippen molar-refractivity contribution < 1.29 is 4.74 Å². The normalized spacial score (nSPS) is 12.7. The van der Waals surface area contributed by atoms with Crippen LogP contribution in [0.15, 0.2) is 219 Å². The third-order valence-corrected chi connectivity index (χ3v) is 11.9. The maximum Gasteiger partial charge on any atom is 0.160 e. The average Bonchev–Trinajstić information content (AvgIpc) is 3.36. The van der Waals surface area contributed by atoms with Gasteiger partial charge in [0, 0.05) is 55.5 Å². The van der Waals surface area contributed by atoms with Crippen molar-refractivity contribution in [3.63, 3.8) is 0 Å². The van der Waals surface area contributed by atoms with Gasteiger partial charge in [-0.05, 0) is 41.0 Å². The summed E-state index contributed by atoms with van der Waals surface area (Å²) >= 11 is 0. The van der Waals surface area contributed by atoms with Crippen LogP contribution < -0.4 is 4.74 Å². The van der Waals surface area contributed by atoms with Crippen molar-refractivity contribution in [2.75, 3.05) is 0 Å². The van der Waals surface area contributed by atoms with E-state index >= 15 is 0 Å². The van der Waals surface area contributed by atoms with E-state index in [0.29, 0.717) is 11.6 Å². The summed E-state index contributed by atoms with van der Waals surface area (Å²) in [6.07, 6.45) is 3.92. The van der Waals surface area contributed by atoms with E-state index in [4.69, 9.17) is 24.7 Å². The molecule has 3 heterocycles. The number of hydrogen-bond donors (Lipinski definition) is 0. The number of para-hydroxylation sites is 2. The lowest BCUT2D eigenvalue weighted by molar-refractivity contribution is 0.418. The van der Waals surface area contributed by atoms with Crippen molar-refractivity contribution in [3.05, 3.63) is 242 Å². The largest absolute Gasteiger partial charge is 0.455 e. The van der Waals surface area contributed by atoms with Crippen LogP contribution in [-0.2, 0) is 5.41 Å². The number of hydrogen-bond acceptors (Lipinski definition) is 5. The smallest absolute Gasteiger partial charge is 0.160 e. The molecule has 10 rings (SSSR count). The minimum Gasteiger partial charge on any atom is -0.455 e. The zero-order valence-electron chi connectivity index (χ0n) is 35.7. The summed E-state index contributed by atoms with van der Waals surface area (Å²) in [5, 5.41) is 0. The highest BCUT2D eigenvalue weighted by Gasteiger charge is 2.37. The zero-order valence-corrected chi connectivity index (χ0v) is 35.7. The number of aromatic nitrogens is 4. The van der Waals surface area contributed by atoms with E-state index < -0.39 is 0 Å². The quantitative estimate of drug-likeness (QED) is 0.129. The molecule has 0 fully saturated rings. The topological polar surface area (TPSA) is 60.8 Å². The van der Waals surface area contributed by atoms with Crippen molar-refractivity contribution in [2.45, 2.75) is 19.3 Å². The van der Waals surface area contributed by atoms with Gasteiger partial charge >= 0.3 is 0 Å². The van der Waals surface area contributed by atoms with Gasteiger partial charge in [0.05, 0.1) is 22.8 Å². The van der Waals surface area contributed by atoms with Crippen molar-refractivity contribution in [3.8, 4) is 79.2 Å². The lowest BCUT2D eigenvalue weighted by Crippen LogP contribution is -2.25. The Morgan fingerprint density at radius 1 is 0.469 bits per heavy atom. The van der Waals surface area contributed by atoms with Crippen molar-refractivity contribution >= 4 is 11.1 Å². The molecule has 1 aliphatic heterocycles. The molecule has 7 aromatic carbocycles. The summed E-state index contributed by atoms with van der Waals surface area (Å²) in [5.74, 6) is 2.92. The summed E-state index contributed by atoms with van der Waals surface area (Å²) in [4.78, 5) is 20.2. The molecule has 1 aliphatic rings. The Hall–Kier alpha value is -8.28. The fraction of sp³-hybridized carbons (Fsp3) is 0.0508. The lowest BCUT2D eigenvalue weighted by atomic mass is 9.73. The maximum atomic E-state index is 7.18. The Kier molecular flexibility index (Phi) is 10.5. The lowest BCUT2D eigenvalue weighted by Gasteiger charge is -2.36. The molecule has 64 heavy (non-hydrogen) atoms. The molecule has 0 N–H and O–H groups in total. The number of allylic oxidation sites excluding steroid dienone is 4. The highest BCUT2D eigenvalue weighted by Crippen LogP contribution is 2.53. The van der Waals surface area contributed by atoms with E-state index in [0.717, 1.165) is 101 Å². The van der Waals surface area contributed by atoms with Gasteiger partial charge in [-0.3, -0.25) is 0 Å². The van der Waals surface area contributed by atoms with Gasteiger partial charge in [-0.2, -0.15) is 0 Å². The Morgan fingerprint density at radius 3 is 1.53 bits per heavy atom. The Balaban J connectivity index is 1.04. The van der Waals surface area contributed by atoms with Gasteiger partial charge in [-0.1, -0.05) is 209 Å². The minimum absolute atomic E-state index is 0.389. The number of rotatable bonds is 10. The standard InChI is InChI=1S/C59H44N4O/c1-5-40(35-39(2)51-37-52(41-21-10-6-11-22-41)61-57(60-51)43-25-14-8-15-26-43)47-31-19-33-49-55(47)64-56-48(32-20-34-50(56)59(49,3)4)45-29-18-30-46(36-45)54-38-53(42-23-12-7-13-24-42)62-58(63-54)44-27-16-9-17-28-44/h5-38H,1-2H2,3-4H3/b40-35+. The van der Waals surface area contributed by atoms with Crippen LogP contribution in [0.3, 0.4) is 0 Å². The molecule has 9 aromatic rings. The van der Waals surface area contributed by atoms with Gasteiger partial charge < -0.3 is 4.74 Å². The fourth-order valence-corrected chi connectivity index (χ4v) is 8.49. The van der Waals surface area contributed by atoms with Crippen molar-refractivity contribution in [1.82, 2.24) is 19.9 Å². The van der Waals surface area contributed by atoms with Gasteiger partial charge in [0.25, 0.3) is 0 Å². The number of nitrogens with zero attached hydrogens (tertiary/aromatic N) is 4. The van der Waals surface area contributed by atoms with Crippen LogP contribution in [0.25, 0.3) is 78.8 Å². The van der Waals surface area contributed by atoms with E-state index in [2.05, 4.69) is 118 Å². The summed E-state index contributed by atoms with van der Waals surface area (Å²) in [7, 11) is 0. The second-order valence-electron chi connectivity index (χ2n) is 16.4. The Bertz CT molecular complexity index is 3110. The molecular weight excluding hydrogens is 781 g/mol. The van der Waals surface area contributed by atoms with E-state index in [1.165, 1.54) is 0 Å². The number of ether oxygens (including phenoxy) is 1. The molecule has 0 unspecified atom stereocenters. The van der Waals surface area contributed by atoms with E-state index in [9.17, 15) is 0 Å². The van der Waals surface area contributed by atoms with Crippen LogP contribution in [0, 0.1) is 0 Å². The molecule has 0 atom stereocenters. The first kappa shape index (κ1) is 39.8. The molecule has 306 valence electrons. The average molecular weight is 825 g/mol. The first-order valence-electron chi connectivity index (χ1n) is 21.4. The van der Waals surface area contributed by atoms with Crippen LogP contribution in [-0.4, -0.2) is 19.9 Å². The van der Waals surface area contributed by atoms with Crippen LogP contribution in [0.4, 0.5) is 0 Å². The summed E-state index contributed by atoms with van der Waals surface area (Å²) in [6.45, 7) is 13.4. The van der Waals surface area contributed by atoms with Crippen LogP contribution in [0.2, 0.25) is 0 Å². The Morgan fingerprint density at radius 2 is 0.938 bits per heavy atom. The maximum absolute atomic E-state index is 7.18. The van der Waals surface area contributed by atoms with Crippen LogP contribution >= 0.6 is 0 Å². The molecular formula is C59H44N4O. The van der Waals surface area contributed by atoms with Gasteiger partial charge in [-0.25, -0.2) is 19.9 Å². The fourth-order valence-electron chi connectivity index (χ4n) is 8.49. The van der Waals surface area contributed by atoms with Crippen LogP contribution in [0.1, 0.15) is 36.2 Å². The molecule has 0 saturated heterocycles. The highest BCUT2D eigenvalue weighted by molar-refractivity contribution is 5.90. The van der Waals surface area contributed by atoms with E-state index in [1.54, 1.807) is 0 Å². The minimum atomic E-state index is -0.389. The Labute approximate surface area is 374 Å². The molecule has 5 nitrogen and oxygen atoms in total. The second-order valence-corrected chi connectivity index (χ2v) is 16.4.